The molecule has 1 saturated heterocycles. The molecule has 1 heterocycles. The van der Waals surface area contributed by atoms with Gasteiger partial charge < -0.3 is 14.7 Å². The van der Waals surface area contributed by atoms with Gasteiger partial charge >= 0.3 is 0 Å². The third-order valence-corrected chi connectivity index (χ3v) is 3.94. The van der Waals surface area contributed by atoms with Crippen molar-refractivity contribution < 1.29 is 9.84 Å². The Kier molecular flexibility index (Phi) is 6.30. The zero-order valence-electron chi connectivity index (χ0n) is 12.4. The van der Waals surface area contributed by atoms with E-state index in [4.69, 9.17) is 9.84 Å². The zero-order chi connectivity index (χ0) is 14.2. The summed E-state index contributed by atoms with van der Waals surface area (Å²) in [5.41, 5.74) is 1.27. The summed E-state index contributed by atoms with van der Waals surface area (Å²) >= 11 is 0. The van der Waals surface area contributed by atoms with E-state index in [1.165, 1.54) is 18.5 Å². The van der Waals surface area contributed by atoms with Crippen LogP contribution in [0.25, 0.3) is 0 Å². The summed E-state index contributed by atoms with van der Waals surface area (Å²) in [7, 11) is 2.16. The molecule has 1 aliphatic rings. The lowest BCUT2D eigenvalue weighted by Gasteiger charge is -2.29. The number of hydrogen-bond donors (Lipinski definition) is 1. The molecule has 0 radical (unpaired) electrons. The molecule has 0 spiro atoms. The third kappa shape index (κ3) is 4.47. The second kappa shape index (κ2) is 8.25. The fourth-order valence-electron chi connectivity index (χ4n) is 2.85. The van der Waals surface area contributed by atoms with E-state index in [0.717, 1.165) is 19.6 Å². The van der Waals surface area contributed by atoms with Crippen molar-refractivity contribution in [3.8, 4) is 0 Å². The SMILES string of the molecule is CN(C[C@H]1CCCN1CCOCCO)c1ccccc1. The first-order valence-electron chi connectivity index (χ1n) is 7.50. The Labute approximate surface area is 122 Å². The average molecular weight is 278 g/mol. The van der Waals surface area contributed by atoms with Crippen LogP contribution in [0.2, 0.25) is 0 Å². The summed E-state index contributed by atoms with van der Waals surface area (Å²) < 4.78 is 5.38. The molecule has 0 aromatic heterocycles. The van der Waals surface area contributed by atoms with Gasteiger partial charge in [-0.15, -0.1) is 0 Å². The number of anilines is 1. The van der Waals surface area contributed by atoms with Gasteiger partial charge in [-0.2, -0.15) is 0 Å². The molecule has 112 valence electrons. The van der Waals surface area contributed by atoms with Crippen LogP contribution >= 0.6 is 0 Å². The monoisotopic (exact) mass is 278 g/mol. The highest BCUT2D eigenvalue weighted by molar-refractivity contribution is 5.45. The second-order valence-corrected chi connectivity index (χ2v) is 5.38. The lowest BCUT2D eigenvalue weighted by molar-refractivity contribution is 0.0716. The molecule has 4 nitrogen and oxygen atoms in total. The summed E-state index contributed by atoms with van der Waals surface area (Å²) in [5.74, 6) is 0. The molecule has 1 fully saturated rings. The first-order chi connectivity index (χ1) is 9.81. The minimum Gasteiger partial charge on any atom is -0.394 e. The van der Waals surface area contributed by atoms with Gasteiger partial charge in [0.05, 0.1) is 19.8 Å². The molecule has 20 heavy (non-hydrogen) atoms. The van der Waals surface area contributed by atoms with Crippen LogP contribution in [0.1, 0.15) is 12.8 Å². The molecule has 1 aromatic carbocycles. The van der Waals surface area contributed by atoms with Gasteiger partial charge in [0.1, 0.15) is 0 Å². The van der Waals surface area contributed by atoms with Crippen LogP contribution in [0, 0.1) is 0 Å². The molecule has 1 aromatic rings. The summed E-state index contributed by atoms with van der Waals surface area (Å²) in [6, 6.07) is 11.1. The van der Waals surface area contributed by atoms with Gasteiger partial charge in [-0.1, -0.05) is 18.2 Å². The Bertz CT molecular complexity index is 372. The molecule has 0 aliphatic carbocycles. The van der Waals surface area contributed by atoms with Crippen molar-refractivity contribution in [1.29, 1.82) is 0 Å². The molecule has 0 unspecified atom stereocenters. The van der Waals surface area contributed by atoms with Gasteiger partial charge in [0.25, 0.3) is 0 Å². The minimum atomic E-state index is 0.111. The molecular formula is C16H26N2O2. The van der Waals surface area contributed by atoms with E-state index >= 15 is 0 Å². The minimum absolute atomic E-state index is 0.111. The standard InChI is InChI=1S/C16H26N2O2/c1-17(15-6-3-2-4-7-15)14-16-8-5-9-18(16)10-12-20-13-11-19/h2-4,6-7,16,19H,5,8-14H2,1H3/t16-/m1/s1. The summed E-state index contributed by atoms with van der Waals surface area (Å²) in [4.78, 5) is 4.84. The van der Waals surface area contributed by atoms with E-state index in [9.17, 15) is 0 Å². The van der Waals surface area contributed by atoms with Gasteiger partial charge in [0.15, 0.2) is 0 Å². The predicted octanol–water partition coefficient (Wildman–Crippen LogP) is 1.60. The van der Waals surface area contributed by atoms with E-state index < -0.39 is 0 Å². The maximum Gasteiger partial charge on any atom is 0.0698 e. The number of ether oxygens (including phenoxy) is 1. The third-order valence-electron chi connectivity index (χ3n) is 3.94. The maximum absolute atomic E-state index is 8.71. The highest BCUT2D eigenvalue weighted by Crippen LogP contribution is 2.20. The molecule has 2 rings (SSSR count). The Balaban J connectivity index is 1.78. The fraction of sp³-hybridized carbons (Fsp3) is 0.625. The molecule has 4 heteroatoms. The molecule has 0 saturated carbocycles. The number of benzene rings is 1. The number of nitrogens with zero attached hydrogens (tertiary/aromatic N) is 2. The number of aliphatic hydroxyl groups is 1. The fourth-order valence-corrected chi connectivity index (χ4v) is 2.85. The quantitative estimate of drug-likeness (QED) is 0.733. The number of likely N-dealkylation sites (N-methyl/N-ethyl adjacent to an activating group) is 1. The van der Waals surface area contributed by atoms with Crippen LogP contribution in [0.4, 0.5) is 5.69 Å². The van der Waals surface area contributed by atoms with Crippen molar-refractivity contribution in [2.45, 2.75) is 18.9 Å². The van der Waals surface area contributed by atoms with Gasteiger partial charge in [-0.3, -0.25) is 4.90 Å². The Hall–Kier alpha value is -1.10. The van der Waals surface area contributed by atoms with E-state index in [1.54, 1.807) is 0 Å². The van der Waals surface area contributed by atoms with Crippen molar-refractivity contribution in [3.63, 3.8) is 0 Å². The number of rotatable bonds is 8. The van der Waals surface area contributed by atoms with E-state index in [2.05, 4.69) is 47.2 Å². The van der Waals surface area contributed by atoms with Crippen molar-refractivity contribution in [2.24, 2.45) is 0 Å². The number of hydrogen-bond acceptors (Lipinski definition) is 4. The number of para-hydroxylation sites is 1. The second-order valence-electron chi connectivity index (χ2n) is 5.38. The number of likely N-dealkylation sites (tertiary alicyclic amines) is 1. The van der Waals surface area contributed by atoms with Crippen LogP contribution < -0.4 is 4.90 Å². The van der Waals surface area contributed by atoms with Crippen LogP contribution in [0.15, 0.2) is 30.3 Å². The van der Waals surface area contributed by atoms with Gasteiger partial charge in [-0.25, -0.2) is 0 Å². The van der Waals surface area contributed by atoms with Gasteiger partial charge in [0.2, 0.25) is 0 Å². The molecule has 1 N–H and O–H groups in total. The highest BCUT2D eigenvalue weighted by atomic mass is 16.5. The first kappa shape index (κ1) is 15.3. The van der Waals surface area contributed by atoms with Gasteiger partial charge in [0, 0.05) is 31.9 Å². The molecule has 1 aliphatic heterocycles. The molecule has 0 bridgehead atoms. The van der Waals surface area contributed by atoms with Crippen LogP contribution in [-0.2, 0) is 4.74 Å². The van der Waals surface area contributed by atoms with Crippen molar-refractivity contribution in [3.05, 3.63) is 30.3 Å². The molecule has 0 amide bonds. The smallest absolute Gasteiger partial charge is 0.0698 e. The maximum atomic E-state index is 8.71. The van der Waals surface area contributed by atoms with Crippen LogP contribution in [0.3, 0.4) is 0 Å². The van der Waals surface area contributed by atoms with Gasteiger partial charge in [-0.05, 0) is 31.5 Å². The van der Waals surface area contributed by atoms with Crippen LogP contribution in [0.5, 0.6) is 0 Å². The largest absolute Gasteiger partial charge is 0.394 e. The molecular weight excluding hydrogens is 252 g/mol. The van der Waals surface area contributed by atoms with Crippen molar-refractivity contribution in [1.82, 2.24) is 4.90 Å². The first-order valence-corrected chi connectivity index (χ1v) is 7.50. The summed E-state index contributed by atoms with van der Waals surface area (Å²) in [6.45, 7) is 4.46. The van der Waals surface area contributed by atoms with Crippen molar-refractivity contribution >= 4 is 5.69 Å². The lowest BCUT2D eigenvalue weighted by Crippen LogP contribution is -2.40. The Morgan fingerprint density at radius 3 is 2.85 bits per heavy atom. The number of aliphatic hydroxyl groups excluding tert-OH is 1. The average Bonchev–Trinajstić information content (AvgIpc) is 2.92. The zero-order valence-corrected chi connectivity index (χ0v) is 12.4. The topological polar surface area (TPSA) is 35.9 Å². The highest BCUT2D eigenvalue weighted by Gasteiger charge is 2.25. The van der Waals surface area contributed by atoms with E-state index in [-0.39, 0.29) is 6.61 Å². The van der Waals surface area contributed by atoms with Crippen molar-refractivity contribution in [2.75, 3.05) is 51.4 Å². The summed E-state index contributed by atoms with van der Waals surface area (Å²) in [6.07, 6.45) is 2.53. The normalized spacial score (nSPS) is 19.4. The van der Waals surface area contributed by atoms with E-state index in [1.807, 2.05) is 0 Å². The molecule has 1 atom stereocenters. The predicted molar refractivity (Wildman–Crippen MR) is 82.2 cm³/mol. The summed E-state index contributed by atoms with van der Waals surface area (Å²) in [5, 5.41) is 8.71. The lowest BCUT2D eigenvalue weighted by atomic mass is 10.2. The van der Waals surface area contributed by atoms with Crippen LogP contribution in [-0.4, -0.2) is 62.6 Å². The Morgan fingerprint density at radius 1 is 1.30 bits per heavy atom. The Morgan fingerprint density at radius 2 is 2.10 bits per heavy atom. The van der Waals surface area contributed by atoms with E-state index in [0.29, 0.717) is 19.3 Å².